The van der Waals surface area contributed by atoms with Crippen LogP contribution in [0, 0.1) is 13.8 Å². The zero-order valence-corrected chi connectivity index (χ0v) is 9.58. The van der Waals surface area contributed by atoms with Crippen molar-refractivity contribution in [3.8, 4) is 0 Å². The van der Waals surface area contributed by atoms with E-state index in [9.17, 15) is 4.79 Å². The van der Waals surface area contributed by atoms with Crippen LogP contribution in [-0.2, 0) is 16.1 Å². The highest BCUT2D eigenvalue weighted by Crippen LogP contribution is 2.11. The molecule has 1 aromatic rings. The van der Waals surface area contributed by atoms with Gasteiger partial charge in [0.05, 0.1) is 12.3 Å². The van der Waals surface area contributed by atoms with Crippen molar-refractivity contribution in [3.63, 3.8) is 0 Å². The summed E-state index contributed by atoms with van der Waals surface area (Å²) in [5.74, 6) is 0.550. The maximum atomic E-state index is 11.3. The number of hydrogen-bond acceptors (Lipinski definition) is 5. The van der Waals surface area contributed by atoms with Crippen molar-refractivity contribution in [2.75, 3.05) is 19.8 Å². The fraction of sp³-hybridized carbons (Fsp3) is 0.600. The van der Waals surface area contributed by atoms with Gasteiger partial charge in [-0.3, -0.25) is 4.79 Å². The quantitative estimate of drug-likeness (QED) is 0.661. The maximum Gasteiger partial charge on any atom is 0.246 e. The Morgan fingerprint density at radius 2 is 2.31 bits per heavy atom. The van der Waals surface area contributed by atoms with Crippen LogP contribution in [0.5, 0.6) is 0 Å². The molecule has 1 amide bonds. The van der Waals surface area contributed by atoms with Gasteiger partial charge in [0.1, 0.15) is 12.4 Å². The van der Waals surface area contributed by atoms with Crippen LogP contribution < -0.4 is 11.1 Å². The smallest absolute Gasteiger partial charge is 0.246 e. The molecule has 1 heterocycles. The number of amides is 1. The van der Waals surface area contributed by atoms with Crippen LogP contribution in [0.15, 0.2) is 4.52 Å². The Morgan fingerprint density at radius 1 is 1.56 bits per heavy atom. The molecule has 16 heavy (non-hydrogen) atoms. The molecule has 1 rings (SSSR count). The molecule has 0 aliphatic rings. The van der Waals surface area contributed by atoms with Gasteiger partial charge in [0.15, 0.2) is 0 Å². The molecular formula is C10H17N3O3. The van der Waals surface area contributed by atoms with E-state index < -0.39 is 0 Å². The minimum atomic E-state index is -0.173. The molecular weight excluding hydrogens is 210 g/mol. The Hall–Kier alpha value is -1.40. The van der Waals surface area contributed by atoms with Crippen LogP contribution >= 0.6 is 0 Å². The maximum absolute atomic E-state index is 11.3. The molecule has 0 unspecified atom stereocenters. The number of aromatic nitrogens is 1. The van der Waals surface area contributed by atoms with Gasteiger partial charge in [-0.1, -0.05) is 5.16 Å². The van der Waals surface area contributed by atoms with Gasteiger partial charge in [-0.25, -0.2) is 0 Å². The first-order valence-electron chi connectivity index (χ1n) is 5.11. The molecule has 6 heteroatoms. The van der Waals surface area contributed by atoms with Gasteiger partial charge >= 0.3 is 0 Å². The second kappa shape index (κ2) is 6.24. The minimum absolute atomic E-state index is 0.0283. The summed E-state index contributed by atoms with van der Waals surface area (Å²) in [7, 11) is 0. The van der Waals surface area contributed by atoms with Crippen molar-refractivity contribution in [3.05, 3.63) is 17.0 Å². The van der Waals surface area contributed by atoms with Gasteiger partial charge in [0.2, 0.25) is 5.91 Å². The van der Waals surface area contributed by atoms with Crippen molar-refractivity contribution in [2.24, 2.45) is 5.73 Å². The largest absolute Gasteiger partial charge is 0.370 e. The molecule has 0 aromatic carbocycles. The first-order valence-corrected chi connectivity index (χ1v) is 5.11. The van der Waals surface area contributed by atoms with Crippen LogP contribution in [0.2, 0.25) is 0 Å². The third-order valence-corrected chi connectivity index (χ3v) is 2.14. The second-order valence-electron chi connectivity index (χ2n) is 3.42. The summed E-state index contributed by atoms with van der Waals surface area (Å²) in [6, 6.07) is 0. The van der Waals surface area contributed by atoms with Crippen LogP contribution in [0.4, 0.5) is 0 Å². The summed E-state index contributed by atoms with van der Waals surface area (Å²) < 4.78 is 9.98. The normalized spacial score (nSPS) is 10.4. The van der Waals surface area contributed by atoms with Gasteiger partial charge in [-0.05, 0) is 13.8 Å². The van der Waals surface area contributed by atoms with E-state index in [1.165, 1.54) is 0 Å². The predicted octanol–water partition coefficient (Wildman–Crippen LogP) is -0.117. The van der Waals surface area contributed by atoms with Crippen molar-refractivity contribution in [1.29, 1.82) is 0 Å². The van der Waals surface area contributed by atoms with Crippen molar-refractivity contribution < 1.29 is 14.1 Å². The summed E-state index contributed by atoms with van der Waals surface area (Å²) in [6.45, 7) is 4.89. The molecule has 0 radical (unpaired) electrons. The minimum Gasteiger partial charge on any atom is -0.370 e. The lowest BCUT2D eigenvalue weighted by Crippen LogP contribution is -2.28. The number of rotatable bonds is 6. The van der Waals surface area contributed by atoms with E-state index in [0.29, 0.717) is 19.7 Å². The summed E-state index contributed by atoms with van der Waals surface area (Å²) in [5.41, 5.74) is 6.93. The number of hydrogen-bond donors (Lipinski definition) is 2. The molecule has 0 spiro atoms. The van der Waals surface area contributed by atoms with Crippen molar-refractivity contribution in [2.45, 2.75) is 20.4 Å². The number of nitrogens with two attached hydrogens (primary N) is 1. The van der Waals surface area contributed by atoms with Crippen molar-refractivity contribution in [1.82, 2.24) is 10.5 Å². The molecule has 6 nitrogen and oxygen atoms in total. The van der Waals surface area contributed by atoms with Crippen LogP contribution in [0.25, 0.3) is 0 Å². The molecule has 0 aliphatic heterocycles. The van der Waals surface area contributed by atoms with E-state index >= 15 is 0 Å². The molecule has 0 saturated carbocycles. The lowest BCUT2D eigenvalue weighted by atomic mass is 10.2. The predicted molar refractivity (Wildman–Crippen MR) is 57.7 cm³/mol. The topological polar surface area (TPSA) is 90.4 Å². The van der Waals surface area contributed by atoms with Crippen molar-refractivity contribution >= 4 is 5.91 Å². The second-order valence-corrected chi connectivity index (χ2v) is 3.42. The highest BCUT2D eigenvalue weighted by atomic mass is 16.5. The van der Waals surface area contributed by atoms with E-state index in [0.717, 1.165) is 17.0 Å². The molecule has 90 valence electrons. The lowest BCUT2D eigenvalue weighted by molar-refractivity contribution is -0.125. The molecule has 1 aromatic heterocycles. The van der Waals surface area contributed by atoms with Crippen LogP contribution in [-0.4, -0.2) is 30.8 Å². The van der Waals surface area contributed by atoms with E-state index in [1.807, 2.05) is 13.8 Å². The number of aryl methyl sites for hydroxylation is 2. The summed E-state index contributed by atoms with van der Waals surface area (Å²) >= 11 is 0. The monoisotopic (exact) mass is 227 g/mol. The fourth-order valence-corrected chi connectivity index (χ4v) is 1.24. The number of ether oxygens (including phenoxy) is 1. The van der Waals surface area contributed by atoms with Crippen LogP contribution in [0.3, 0.4) is 0 Å². The summed E-state index contributed by atoms with van der Waals surface area (Å²) in [4.78, 5) is 11.3. The van der Waals surface area contributed by atoms with Gasteiger partial charge < -0.3 is 20.3 Å². The summed E-state index contributed by atoms with van der Waals surface area (Å²) in [6.07, 6.45) is 0. The van der Waals surface area contributed by atoms with Gasteiger partial charge in [0, 0.05) is 18.7 Å². The first kappa shape index (κ1) is 12.7. The van der Waals surface area contributed by atoms with Crippen LogP contribution in [0.1, 0.15) is 17.0 Å². The average molecular weight is 227 g/mol. The van der Waals surface area contributed by atoms with Gasteiger partial charge in [-0.2, -0.15) is 0 Å². The fourth-order valence-electron chi connectivity index (χ4n) is 1.24. The van der Waals surface area contributed by atoms with E-state index in [-0.39, 0.29) is 12.5 Å². The van der Waals surface area contributed by atoms with E-state index in [1.54, 1.807) is 0 Å². The molecule has 3 N–H and O–H groups in total. The first-order chi connectivity index (χ1) is 7.65. The Balaban J connectivity index is 2.32. The Morgan fingerprint density at radius 3 is 2.88 bits per heavy atom. The van der Waals surface area contributed by atoms with Gasteiger partial charge in [-0.15, -0.1) is 0 Å². The zero-order chi connectivity index (χ0) is 12.0. The van der Waals surface area contributed by atoms with E-state index in [2.05, 4.69) is 10.5 Å². The zero-order valence-electron chi connectivity index (χ0n) is 9.58. The number of nitrogens with one attached hydrogen (secondary N) is 1. The molecule has 0 bridgehead atoms. The molecule has 0 aliphatic carbocycles. The lowest BCUT2D eigenvalue weighted by Gasteiger charge is -2.05. The molecule has 0 fully saturated rings. The van der Waals surface area contributed by atoms with E-state index in [4.69, 9.17) is 15.0 Å². The Labute approximate surface area is 94.1 Å². The molecule has 0 atom stereocenters. The Bertz CT molecular complexity index is 330. The summed E-state index contributed by atoms with van der Waals surface area (Å²) in [5, 5.41) is 6.52. The average Bonchev–Trinajstić information content (AvgIpc) is 2.57. The third-order valence-electron chi connectivity index (χ3n) is 2.14. The number of carbonyl (C=O) groups is 1. The number of nitrogens with zero attached hydrogens (tertiary/aromatic N) is 1. The molecule has 0 saturated heterocycles. The third kappa shape index (κ3) is 3.63. The highest BCUT2D eigenvalue weighted by Gasteiger charge is 2.09. The Kier molecular flexibility index (Phi) is 4.94. The number of carbonyl (C=O) groups excluding carboxylic acids is 1. The highest BCUT2D eigenvalue weighted by molar-refractivity contribution is 5.77. The SMILES string of the molecule is Cc1noc(C)c1CNC(=O)COCCN. The standard InChI is InChI=1S/C10H17N3O3/c1-7-9(8(2)16-13-7)5-12-10(14)6-15-4-3-11/h3-6,11H2,1-2H3,(H,12,14). The van der Waals surface area contributed by atoms with Gasteiger partial charge in [0.25, 0.3) is 0 Å².